The van der Waals surface area contributed by atoms with Crippen molar-refractivity contribution in [2.24, 2.45) is 0 Å². The van der Waals surface area contributed by atoms with Crippen molar-refractivity contribution in [3.63, 3.8) is 0 Å². The maximum absolute atomic E-state index is 12.9. The summed E-state index contributed by atoms with van der Waals surface area (Å²) in [5, 5.41) is 3.34. The van der Waals surface area contributed by atoms with Crippen molar-refractivity contribution in [2.75, 3.05) is 12.3 Å². The molecule has 1 aromatic carbocycles. The van der Waals surface area contributed by atoms with Gasteiger partial charge in [-0.2, -0.15) is 0 Å². The van der Waals surface area contributed by atoms with Crippen LogP contribution in [0.15, 0.2) is 41.3 Å². The number of halogens is 2. The van der Waals surface area contributed by atoms with E-state index in [0.29, 0.717) is 0 Å². The molecule has 1 heterocycles. The molecule has 0 atom stereocenters. The summed E-state index contributed by atoms with van der Waals surface area (Å²) >= 11 is 9.09. The third kappa shape index (κ3) is 4.61. The largest absolute Gasteiger partial charge is 0.311 e. The number of hydrogen-bond donors (Lipinski definition) is 1. The van der Waals surface area contributed by atoms with Crippen molar-refractivity contribution in [3.8, 4) is 0 Å². The minimum atomic E-state index is -0.179. The van der Waals surface area contributed by atoms with Gasteiger partial charge in [0.1, 0.15) is 5.82 Å². The van der Waals surface area contributed by atoms with Crippen LogP contribution in [0.25, 0.3) is 0 Å². The van der Waals surface area contributed by atoms with E-state index in [0.717, 1.165) is 28.1 Å². The highest BCUT2D eigenvalue weighted by Crippen LogP contribution is 2.21. The Balaban J connectivity index is 1.64. The zero-order valence-electron chi connectivity index (χ0n) is 9.66. The molecule has 0 aliphatic carbocycles. The molecule has 5 heteroatoms. The fourth-order valence-electron chi connectivity index (χ4n) is 1.46. The molecule has 0 aliphatic heterocycles. The second kappa shape index (κ2) is 7.14. The molecule has 0 aliphatic rings. The summed E-state index contributed by atoms with van der Waals surface area (Å²) in [5.74, 6) is 0.740. The third-order valence-corrected chi connectivity index (χ3v) is 4.50. The first-order chi connectivity index (χ1) is 8.74. The molecule has 0 radical (unpaired) electrons. The average Bonchev–Trinajstić information content (AvgIpc) is 2.75. The molecule has 1 N–H and O–H groups in total. The van der Waals surface area contributed by atoms with Crippen LogP contribution in [0.3, 0.4) is 0 Å². The number of thiophene rings is 1. The van der Waals surface area contributed by atoms with Crippen molar-refractivity contribution in [1.29, 1.82) is 0 Å². The number of thioether (sulfide) groups is 1. The van der Waals surface area contributed by atoms with E-state index in [1.807, 2.05) is 18.2 Å². The molecule has 2 aromatic rings. The molecule has 1 nitrogen and oxygen atoms in total. The Hall–Kier alpha value is -0.550. The van der Waals surface area contributed by atoms with Crippen LogP contribution < -0.4 is 5.32 Å². The van der Waals surface area contributed by atoms with Crippen LogP contribution in [-0.4, -0.2) is 12.3 Å². The van der Waals surface area contributed by atoms with Crippen LogP contribution in [0.2, 0.25) is 4.34 Å². The van der Waals surface area contributed by atoms with E-state index >= 15 is 0 Å². The van der Waals surface area contributed by atoms with Gasteiger partial charge in [0.15, 0.2) is 0 Å². The van der Waals surface area contributed by atoms with Crippen molar-refractivity contribution < 1.29 is 4.39 Å². The molecule has 0 fully saturated rings. The lowest BCUT2D eigenvalue weighted by Gasteiger charge is -2.03. The first kappa shape index (κ1) is 13.9. The number of rotatable bonds is 6. The monoisotopic (exact) mass is 301 g/mol. The normalized spacial score (nSPS) is 10.8. The van der Waals surface area contributed by atoms with Crippen molar-refractivity contribution in [2.45, 2.75) is 11.4 Å². The number of hydrogen-bond acceptors (Lipinski definition) is 3. The first-order valence-corrected chi connectivity index (χ1v) is 7.75. The highest BCUT2D eigenvalue weighted by molar-refractivity contribution is 7.99. The van der Waals surface area contributed by atoms with E-state index in [4.69, 9.17) is 11.6 Å². The molecule has 0 unspecified atom stereocenters. The van der Waals surface area contributed by atoms with Crippen LogP contribution in [0, 0.1) is 5.82 Å². The predicted octanol–water partition coefficient (Wildman–Crippen LogP) is 4.42. The Morgan fingerprint density at radius 2 is 2.17 bits per heavy atom. The minimum Gasteiger partial charge on any atom is -0.311 e. The lowest BCUT2D eigenvalue weighted by molar-refractivity contribution is 0.624. The van der Waals surface area contributed by atoms with Crippen molar-refractivity contribution in [1.82, 2.24) is 5.32 Å². The summed E-state index contributed by atoms with van der Waals surface area (Å²) in [6, 6.07) is 10.6. The number of benzene rings is 1. The lowest BCUT2D eigenvalue weighted by Crippen LogP contribution is -2.15. The Kier molecular flexibility index (Phi) is 5.50. The van der Waals surface area contributed by atoms with E-state index in [2.05, 4.69) is 5.32 Å². The summed E-state index contributed by atoms with van der Waals surface area (Å²) < 4.78 is 13.7. The van der Waals surface area contributed by atoms with Gasteiger partial charge in [0.05, 0.1) is 4.34 Å². The summed E-state index contributed by atoms with van der Waals surface area (Å²) in [4.78, 5) is 2.20. The molecule has 96 valence electrons. The maximum atomic E-state index is 12.9. The fourth-order valence-corrected chi connectivity index (χ4v) is 3.37. The van der Waals surface area contributed by atoms with Gasteiger partial charge in [-0.05, 0) is 30.3 Å². The van der Waals surface area contributed by atoms with Gasteiger partial charge in [0.2, 0.25) is 0 Å². The predicted molar refractivity (Wildman–Crippen MR) is 78.2 cm³/mol. The highest BCUT2D eigenvalue weighted by atomic mass is 35.5. The van der Waals surface area contributed by atoms with Gasteiger partial charge >= 0.3 is 0 Å². The second-order valence-electron chi connectivity index (χ2n) is 3.69. The van der Waals surface area contributed by atoms with Gasteiger partial charge in [-0.3, -0.25) is 0 Å². The average molecular weight is 302 g/mol. The minimum absolute atomic E-state index is 0.179. The van der Waals surface area contributed by atoms with E-state index in [1.54, 1.807) is 35.2 Å². The molecule has 0 bridgehead atoms. The lowest BCUT2D eigenvalue weighted by atomic mass is 10.4. The van der Waals surface area contributed by atoms with Crippen LogP contribution in [-0.2, 0) is 6.54 Å². The molecule has 0 amide bonds. The molecule has 2 rings (SSSR count). The maximum Gasteiger partial charge on any atom is 0.124 e. The Morgan fingerprint density at radius 3 is 2.89 bits per heavy atom. The van der Waals surface area contributed by atoms with E-state index in [-0.39, 0.29) is 5.82 Å². The van der Waals surface area contributed by atoms with Gasteiger partial charge in [0.25, 0.3) is 0 Å². The molecule has 18 heavy (non-hydrogen) atoms. The molecule has 1 aromatic heterocycles. The third-order valence-electron chi connectivity index (χ3n) is 2.27. The van der Waals surface area contributed by atoms with Crippen molar-refractivity contribution >= 4 is 34.7 Å². The van der Waals surface area contributed by atoms with Gasteiger partial charge in [-0.25, -0.2) is 4.39 Å². The summed E-state index contributed by atoms with van der Waals surface area (Å²) in [7, 11) is 0. The quantitative estimate of drug-likeness (QED) is 0.626. The van der Waals surface area contributed by atoms with E-state index in [1.165, 1.54) is 10.9 Å². The molecular weight excluding hydrogens is 289 g/mol. The Morgan fingerprint density at radius 1 is 1.28 bits per heavy atom. The Bertz CT molecular complexity index is 501. The van der Waals surface area contributed by atoms with Crippen LogP contribution >= 0.6 is 34.7 Å². The van der Waals surface area contributed by atoms with Gasteiger partial charge in [0, 0.05) is 28.6 Å². The molecular formula is C13H13ClFNS2. The fraction of sp³-hybridized carbons (Fsp3) is 0.231. The summed E-state index contributed by atoms with van der Waals surface area (Å²) in [6.07, 6.45) is 0. The van der Waals surface area contributed by atoms with Crippen molar-refractivity contribution in [3.05, 3.63) is 51.4 Å². The van der Waals surface area contributed by atoms with Gasteiger partial charge in [-0.1, -0.05) is 17.7 Å². The highest BCUT2D eigenvalue weighted by Gasteiger charge is 1.98. The SMILES string of the molecule is Fc1cccc(SCCNCc2ccc(Cl)s2)c1. The Labute approximate surface area is 119 Å². The first-order valence-electron chi connectivity index (χ1n) is 5.57. The molecule has 0 saturated heterocycles. The smallest absolute Gasteiger partial charge is 0.124 e. The van der Waals surface area contributed by atoms with Crippen LogP contribution in [0.5, 0.6) is 0 Å². The topological polar surface area (TPSA) is 12.0 Å². The zero-order chi connectivity index (χ0) is 12.8. The van der Waals surface area contributed by atoms with Crippen LogP contribution in [0.1, 0.15) is 4.88 Å². The molecule has 0 saturated carbocycles. The van der Waals surface area contributed by atoms with E-state index < -0.39 is 0 Å². The van der Waals surface area contributed by atoms with Gasteiger partial charge in [-0.15, -0.1) is 23.1 Å². The molecule has 0 spiro atoms. The summed E-state index contributed by atoms with van der Waals surface area (Å²) in [6.45, 7) is 1.72. The standard InChI is InChI=1S/C13H13ClFNS2/c14-13-5-4-12(18-13)9-16-6-7-17-11-3-1-2-10(15)8-11/h1-5,8,16H,6-7,9H2. The number of nitrogens with one attached hydrogen (secondary N) is 1. The zero-order valence-corrected chi connectivity index (χ0v) is 12.0. The van der Waals surface area contributed by atoms with Crippen LogP contribution in [0.4, 0.5) is 4.39 Å². The summed E-state index contributed by atoms with van der Waals surface area (Å²) in [5.41, 5.74) is 0. The second-order valence-corrected chi connectivity index (χ2v) is 6.66. The van der Waals surface area contributed by atoms with E-state index in [9.17, 15) is 4.39 Å². The van der Waals surface area contributed by atoms with Gasteiger partial charge < -0.3 is 5.32 Å².